The molecular formula is C19H23N5O. The van der Waals surface area contributed by atoms with Gasteiger partial charge in [0.2, 0.25) is 0 Å². The average molecular weight is 337 g/mol. The van der Waals surface area contributed by atoms with Gasteiger partial charge in [-0.3, -0.25) is 4.90 Å². The van der Waals surface area contributed by atoms with Gasteiger partial charge in [-0.2, -0.15) is 5.26 Å². The number of benzene rings is 1. The van der Waals surface area contributed by atoms with Crippen molar-refractivity contribution in [2.24, 2.45) is 0 Å². The maximum Gasteiger partial charge on any atom is 0.182 e. The zero-order chi connectivity index (χ0) is 17.6. The van der Waals surface area contributed by atoms with E-state index in [2.05, 4.69) is 58.3 Å². The molecule has 1 aromatic carbocycles. The van der Waals surface area contributed by atoms with Crippen LogP contribution in [-0.2, 0) is 17.8 Å². The molecule has 1 aromatic heterocycles. The van der Waals surface area contributed by atoms with Crippen molar-refractivity contribution in [3.63, 3.8) is 0 Å². The molecule has 2 atom stereocenters. The third-order valence-corrected chi connectivity index (χ3v) is 4.26. The molecular weight excluding hydrogens is 314 g/mol. The Morgan fingerprint density at radius 3 is 2.56 bits per heavy atom. The molecule has 2 aromatic rings. The van der Waals surface area contributed by atoms with E-state index in [-0.39, 0.29) is 12.2 Å². The number of ether oxygens (including phenoxy) is 1. The molecule has 0 aliphatic carbocycles. The summed E-state index contributed by atoms with van der Waals surface area (Å²) in [6.45, 7) is 7.62. The molecule has 6 heteroatoms. The lowest BCUT2D eigenvalue weighted by Gasteiger charge is -2.35. The number of nitrogens with zero attached hydrogens (tertiary/aromatic N) is 4. The molecule has 0 amide bonds. The smallest absolute Gasteiger partial charge is 0.182 e. The molecule has 0 spiro atoms. The van der Waals surface area contributed by atoms with Crippen LogP contribution in [0.1, 0.15) is 30.7 Å². The molecule has 1 aliphatic rings. The normalized spacial score (nSPS) is 20.8. The third-order valence-electron chi connectivity index (χ3n) is 4.26. The van der Waals surface area contributed by atoms with Gasteiger partial charge in [-0.1, -0.05) is 24.3 Å². The number of hydrogen-bond acceptors (Lipinski definition) is 6. The minimum atomic E-state index is 0.256. The fourth-order valence-corrected chi connectivity index (χ4v) is 3.27. The van der Waals surface area contributed by atoms with Gasteiger partial charge >= 0.3 is 0 Å². The quantitative estimate of drug-likeness (QED) is 0.904. The Hall–Kier alpha value is -2.49. The predicted octanol–water partition coefficient (Wildman–Crippen LogP) is 2.57. The van der Waals surface area contributed by atoms with Crippen LogP contribution in [0.25, 0.3) is 0 Å². The van der Waals surface area contributed by atoms with Crippen molar-refractivity contribution in [3.8, 4) is 6.07 Å². The Balaban J connectivity index is 1.70. The third kappa shape index (κ3) is 4.53. The maximum absolute atomic E-state index is 9.13. The van der Waals surface area contributed by atoms with Crippen LogP contribution < -0.4 is 5.32 Å². The Morgan fingerprint density at radius 1 is 1.16 bits per heavy atom. The zero-order valence-corrected chi connectivity index (χ0v) is 14.6. The molecule has 0 radical (unpaired) electrons. The molecule has 3 rings (SSSR count). The lowest BCUT2D eigenvalue weighted by Crippen LogP contribution is -2.44. The molecule has 25 heavy (non-hydrogen) atoms. The highest BCUT2D eigenvalue weighted by Crippen LogP contribution is 2.18. The molecule has 1 fully saturated rings. The van der Waals surface area contributed by atoms with E-state index in [0.29, 0.717) is 18.1 Å². The van der Waals surface area contributed by atoms with Crippen molar-refractivity contribution in [1.82, 2.24) is 14.9 Å². The van der Waals surface area contributed by atoms with Gasteiger partial charge < -0.3 is 10.1 Å². The zero-order valence-electron chi connectivity index (χ0n) is 14.6. The lowest BCUT2D eigenvalue weighted by atomic mass is 10.1. The van der Waals surface area contributed by atoms with Crippen molar-refractivity contribution >= 4 is 5.82 Å². The molecule has 0 saturated carbocycles. The molecule has 1 saturated heterocycles. The van der Waals surface area contributed by atoms with E-state index in [1.54, 1.807) is 6.20 Å². The average Bonchev–Trinajstić information content (AvgIpc) is 2.60. The highest BCUT2D eigenvalue weighted by atomic mass is 16.5. The van der Waals surface area contributed by atoms with E-state index in [9.17, 15) is 0 Å². The Labute approximate surface area is 148 Å². The van der Waals surface area contributed by atoms with Gasteiger partial charge in [0.05, 0.1) is 12.2 Å². The molecule has 0 bridgehead atoms. The maximum atomic E-state index is 9.13. The van der Waals surface area contributed by atoms with Crippen LogP contribution >= 0.6 is 0 Å². The second kappa shape index (κ2) is 8.06. The van der Waals surface area contributed by atoms with Gasteiger partial charge in [-0.05, 0) is 25.0 Å². The second-order valence-electron chi connectivity index (χ2n) is 6.44. The van der Waals surface area contributed by atoms with Crippen LogP contribution in [0, 0.1) is 11.3 Å². The first kappa shape index (κ1) is 17.3. The second-order valence-corrected chi connectivity index (χ2v) is 6.44. The SMILES string of the molecule is CC1CN(Cc2ccccc2CNc2nccnc2C#N)CC(C)O1. The number of hydrogen-bond donors (Lipinski definition) is 1. The van der Waals surface area contributed by atoms with E-state index in [4.69, 9.17) is 10.00 Å². The Bertz CT molecular complexity index is 747. The summed E-state index contributed by atoms with van der Waals surface area (Å²) in [6, 6.07) is 10.4. The topological polar surface area (TPSA) is 74.1 Å². The fraction of sp³-hybridized carbons (Fsp3) is 0.421. The van der Waals surface area contributed by atoms with Crippen LogP contribution in [0.4, 0.5) is 5.82 Å². The molecule has 6 nitrogen and oxygen atoms in total. The van der Waals surface area contributed by atoms with Gasteiger partial charge in [0, 0.05) is 38.6 Å². The van der Waals surface area contributed by atoms with E-state index in [1.807, 2.05) is 6.07 Å². The summed E-state index contributed by atoms with van der Waals surface area (Å²) >= 11 is 0. The first-order chi connectivity index (χ1) is 12.2. The number of nitriles is 1. The predicted molar refractivity (Wildman–Crippen MR) is 95.8 cm³/mol. The van der Waals surface area contributed by atoms with Crippen molar-refractivity contribution in [1.29, 1.82) is 5.26 Å². The minimum Gasteiger partial charge on any atom is -0.373 e. The first-order valence-corrected chi connectivity index (χ1v) is 8.55. The lowest BCUT2D eigenvalue weighted by molar-refractivity contribution is -0.0705. The van der Waals surface area contributed by atoms with Gasteiger partial charge in [0.15, 0.2) is 11.5 Å². The summed E-state index contributed by atoms with van der Waals surface area (Å²) in [6.07, 6.45) is 3.63. The van der Waals surface area contributed by atoms with Gasteiger partial charge in [0.25, 0.3) is 0 Å². The van der Waals surface area contributed by atoms with Crippen molar-refractivity contribution in [2.75, 3.05) is 18.4 Å². The minimum absolute atomic E-state index is 0.256. The van der Waals surface area contributed by atoms with E-state index < -0.39 is 0 Å². The number of morpholine rings is 1. The summed E-state index contributed by atoms with van der Waals surface area (Å²) in [5.41, 5.74) is 2.79. The monoisotopic (exact) mass is 337 g/mol. The molecule has 2 heterocycles. The summed E-state index contributed by atoms with van der Waals surface area (Å²) in [5.74, 6) is 0.522. The number of aromatic nitrogens is 2. The Kier molecular flexibility index (Phi) is 5.59. The van der Waals surface area contributed by atoms with Gasteiger partial charge in [0.1, 0.15) is 6.07 Å². The molecule has 2 unspecified atom stereocenters. The summed E-state index contributed by atoms with van der Waals surface area (Å²) in [4.78, 5) is 10.7. The first-order valence-electron chi connectivity index (χ1n) is 8.55. The van der Waals surface area contributed by atoms with Crippen LogP contribution in [0.3, 0.4) is 0 Å². The van der Waals surface area contributed by atoms with Crippen molar-refractivity contribution < 1.29 is 4.74 Å². The summed E-state index contributed by atoms with van der Waals surface area (Å²) in [7, 11) is 0. The molecule has 1 N–H and O–H groups in total. The molecule has 1 aliphatic heterocycles. The fourth-order valence-electron chi connectivity index (χ4n) is 3.27. The van der Waals surface area contributed by atoms with Crippen LogP contribution in [0.2, 0.25) is 0 Å². The largest absolute Gasteiger partial charge is 0.373 e. The van der Waals surface area contributed by atoms with E-state index in [0.717, 1.165) is 19.6 Å². The van der Waals surface area contributed by atoms with Crippen LogP contribution in [0.5, 0.6) is 0 Å². The summed E-state index contributed by atoms with van der Waals surface area (Å²) in [5, 5.41) is 12.4. The molecule has 130 valence electrons. The number of nitrogens with one attached hydrogen (secondary N) is 1. The van der Waals surface area contributed by atoms with Gasteiger partial charge in [-0.25, -0.2) is 9.97 Å². The highest BCUT2D eigenvalue weighted by molar-refractivity contribution is 5.47. The van der Waals surface area contributed by atoms with Crippen LogP contribution in [-0.4, -0.2) is 40.2 Å². The van der Waals surface area contributed by atoms with Crippen molar-refractivity contribution in [3.05, 3.63) is 53.5 Å². The van der Waals surface area contributed by atoms with Crippen LogP contribution in [0.15, 0.2) is 36.7 Å². The van der Waals surface area contributed by atoms with E-state index >= 15 is 0 Å². The van der Waals surface area contributed by atoms with Crippen molar-refractivity contribution in [2.45, 2.75) is 39.1 Å². The number of rotatable bonds is 5. The van der Waals surface area contributed by atoms with Gasteiger partial charge in [-0.15, -0.1) is 0 Å². The standard InChI is InChI=1S/C19H23N5O/c1-14-11-24(12-15(2)25-14)13-17-6-4-3-5-16(17)10-23-19-18(9-20)21-7-8-22-19/h3-8,14-15H,10-13H2,1-2H3,(H,22,23). The Morgan fingerprint density at radius 2 is 1.84 bits per heavy atom. The highest BCUT2D eigenvalue weighted by Gasteiger charge is 2.22. The number of anilines is 1. The van der Waals surface area contributed by atoms with E-state index in [1.165, 1.54) is 17.3 Å². The summed E-state index contributed by atoms with van der Waals surface area (Å²) < 4.78 is 5.82.